The first-order chi connectivity index (χ1) is 6.63. The summed E-state index contributed by atoms with van der Waals surface area (Å²) in [5.41, 5.74) is 0. The number of esters is 1. The number of rotatable bonds is 3. The summed E-state index contributed by atoms with van der Waals surface area (Å²) in [6.07, 6.45) is 3.03. The monoisotopic (exact) mass is 199 g/mol. The van der Waals surface area contributed by atoms with Crippen molar-refractivity contribution in [1.82, 2.24) is 4.90 Å². The maximum absolute atomic E-state index is 11.1. The van der Waals surface area contributed by atoms with E-state index < -0.39 is 0 Å². The summed E-state index contributed by atoms with van der Waals surface area (Å²) in [7, 11) is 1.45. The summed E-state index contributed by atoms with van der Waals surface area (Å²) < 4.78 is 4.67. The lowest BCUT2D eigenvalue weighted by atomic mass is 9.97. The topological polar surface area (TPSA) is 29.5 Å². The number of carbonyl (C=O) groups is 1. The van der Waals surface area contributed by atoms with Gasteiger partial charge in [0.25, 0.3) is 0 Å². The van der Waals surface area contributed by atoms with E-state index >= 15 is 0 Å². The Morgan fingerprint density at radius 3 is 2.57 bits per heavy atom. The zero-order valence-corrected chi connectivity index (χ0v) is 9.45. The Balaban J connectivity index is 2.30. The molecule has 0 aromatic rings. The highest BCUT2D eigenvalue weighted by Crippen LogP contribution is 2.19. The van der Waals surface area contributed by atoms with Crippen molar-refractivity contribution in [3.05, 3.63) is 0 Å². The average Bonchev–Trinajstić information content (AvgIpc) is 2.18. The van der Waals surface area contributed by atoms with Crippen molar-refractivity contribution in [1.29, 1.82) is 0 Å². The van der Waals surface area contributed by atoms with E-state index in [2.05, 4.69) is 23.5 Å². The van der Waals surface area contributed by atoms with Crippen LogP contribution in [0.5, 0.6) is 0 Å². The van der Waals surface area contributed by atoms with E-state index in [9.17, 15) is 4.79 Å². The maximum Gasteiger partial charge on any atom is 0.307 e. The number of hydrogen-bond donors (Lipinski definition) is 0. The highest BCUT2D eigenvalue weighted by atomic mass is 16.5. The van der Waals surface area contributed by atoms with Gasteiger partial charge in [-0.1, -0.05) is 6.92 Å². The van der Waals surface area contributed by atoms with Crippen LogP contribution in [0.25, 0.3) is 0 Å². The van der Waals surface area contributed by atoms with Crippen LogP contribution in [0.1, 0.15) is 33.1 Å². The second kappa shape index (κ2) is 5.35. The predicted molar refractivity (Wildman–Crippen MR) is 56.1 cm³/mol. The van der Waals surface area contributed by atoms with E-state index in [1.165, 1.54) is 20.0 Å². The first-order valence-electron chi connectivity index (χ1n) is 5.44. The van der Waals surface area contributed by atoms with Gasteiger partial charge in [0.1, 0.15) is 0 Å². The quantitative estimate of drug-likeness (QED) is 0.648. The Hall–Kier alpha value is -0.570. The Kier molecular flexibility index (Phi) is 4.39. The molecule has 1 aliphatic rings. The Morgan fingerprint density at radius 1 is 1.50 bits per heavy atom. The van der Waals surface area contributed by atoms with Crippen LogP contribution in [-0.2, 0) is 9.53 Å². The largest absolute Gasteiger partial charge is 0.469 e. The van der Waals surface area contributed by atoms with Gasteiger partial charge < -0.3 is 9.64 Å². The van der Waals surface area contributed by atoms with Crippen molar-refractivity contribution >= 4 is 5.97 Å². The third kappa shape index (κ3) is 3.29. The number of piperidine rings is 1. The Morgan fingerprint density at radius 2 is 2.07 bits per heavy atom. The number of hydrogen-bond acceptors (Lipinski definition) is 3. The fraction of sp³-hybridized carbons (Fsp3) is 0.909. The maximum atomic E-state index is 11.1. The van der Waals surface area contributed by atoms with E-state index in [0.717, 1.165) is 19.0 Å². The molecule has 1 fully saturated rings. The predicted octanol–water partition coefficient (Wildman–Crippen LogP) is 1.67. The second-order valence-electron chi connectivity index (χ2n) is 4.35. The van der Waals surface area contributed by atoms with Crippen molar-refractivity contribution in [2.75, 3.05) is 20.2 Å². The molecule has 0 saturated carbocycles. The van der Waals surface area contributed by atoms with Gasteiger partial charge in [0.15, 0.2) is 0 Å². The zero-order valence-electron chi connectivity index (χ0n) is 9.45. The van der Waals surface area contributed by atoms with Crippen LogP contribution in [0.15, 0.2) is 0 Å². The van der Waals surface area contributed by atoms with Crippen molar-refractivity contribution < 1.29 is 9.53 Å². The molecule has 0 radical (unpaired) electrons. The summed E-state index contributed by atoms with van der Waals surface area (Å²) in [4.78, 5) is 13.5. The molecule has 3 nitrogen and oxygen atoms in total. The first kappa shape index (κ1) is 11.5. The molecule has 0 aliphatic carbocycles. The van der Waals surface area contributed by atoms with Crippen LogP contribution in [0.3, 0.4) is 0 Å². The normalized spacial score (nSPS) is 21.9. The van der Waals surface area contributed by atoms with Gasteiger partial charge in [-0.15, -0.1) is 0 Å². The SMILES string of the molecule is COC(=O)CC(C)N1CCC(C)CC1. The van der Waals surface area contributed by atoms with Crippen LogP contribution >= 0.6 is 0 Å². The average molecular weight is 199 g/mol. The summed E-state index contributed by atoms with van der Waals surface area (Å²) in [6, 6.07) is 0.329. The third-order valence-corrected chi connectivity index (χ3v) is 3.13. The smallest absolute Gasteiger partial charge is 0.307 e. The van der Waals surface area contributed by atoms with Crippen molar-refractivity contribution in [3.63, 3.8) is 0 Å². The van der Waals surface area contributed by atoms with Gasteiger partial charge in [0.2, 0.25) is 0 Å². The minimum atomic E-state index is -0.101. The second-order valence-corrected chi connectivity index (χ2v) is 4.35. The van der Waals surface area contributed by atoms with Crippen molar-refractivity contribution in [3.8, 4) is 0 Å². The minimum absolute atomic E-state index is 0.101. The fourth-order valence-electron chi connectivity index (χ4n) is 1.92. The molecule has 1 rings (SSSR count). The fourth-order valence-corrected chi connectivity index (χ4v) is 1.92. The molecule has 1 unspecified atom stereocenters. The third-order valence-electron chi connectivity index (χ3n) is 3.13. The van der Waals surface area contributed by atoms with Gasteiger partial charge in [-0.05, 0) is 38.8 Å². The van der Waals surface area contributed by atoms with Crippen LogP contribution in [0, 0.1) is 5.92 Å². The molecule has 82 valence electrons. The van der Waals surface area contributed by atoms with Gasteiger partial charge in [-0.2, -0.15) is 0 Å². The van der Waals surface area contributed by atoms with Gasteiger partial charge >= 0.3 is 5.97 Å². The summed E-state index contributed by atoms with van der Waals surface area (Å²) in [6.45, 7) is 6.65. The molecule has 0 bridgehead atoms. The lowest BCUT2D eigenvalue weighted by Gasteiger charge is -2.34. The zero-order chi connectivity index (χ0) is 10.6. The van der Waals surface area contributed by atoms with Gasteiger partial charge in [-0.3, -0.25) is 4.79 Å². The van der Waals surface area contributed by atoms with E-state index in [4.69, 9.17) is 0 Å². The lowest BCUT2D eigenvalue weighted by Crippen LogP contribution is -2.40. The molecule has 1 saturated heterocycles. The van der Waals surface area contributed by atoms with Gasteiger partial charge in [0.05, 0.1) is 13.5 Å². The van der Waals surface area contributed by atoms with E-state index in [0.29, 0.717) is 12.5 Å². The molecule has 1 atom stereocenters. The van der Waals surface area contributed by atoms with Crippen LogP contribution < -0.4 is 0 Å². The summed E-state index contributed by atoms with van der Waals surface area (Å²) in [5.74, 6) is 0.743. The van der Waals surface area contributed by atoms with Crippen LogP contribution in [0.2, 0.25) is 0 Å². The Bertz CT molecular complexity index is 186. The molecule has 0 N–H and O–H groups in total. The first-order valence-corrected chi connectivity index (χ1v) is 5.44. The van der Waals surface area contributed by atoms with Crippen LogP contribution in [-0.4, -0.2) is 37.1 Å². The summed E-state index contributed by atoms with van der Waals surface area (Å²) >= 11 is 0. The summed E-state index contributed by atoms with van der Waals surface area (Å²) in [5, 5.41) is 0. The number of ether oxygens (including phenoxy) is 1. The molecule has 14 heavy (non-hydrogen) atoms. The van der Waals surface area contributed by atoms with Crippen molar-refractivity contribution in [2.45, 2.75) is 39.2 Å². The molecule has 0 aromatic carbocycles. The molecule has 0 aromatic heterocycles. The number of methoxy groups -OCH3 is 1. The number of nitrogens with zero attached hydrogens (tertiary/aromatic N) is 1. The number of carbonyl (C=O) groups excluding carboxylic acids is 1. The number of likely N-dealkylation sites (tertiary alicyclic amines) is 1. The standard InChI is InChI=1S/C11H21NO2/c1-9-4-6-12(7-5-9)10(2)8-11(13)14-3/h9-10H,4-8H2,1-3H3. The van der Waals surface area contributed by atoms with Crippen molar-refractivity contribution in [2.24, 2.45) is 5.92 Å². The lowest BCUT2D eigenvalue weighted by molar-refractivity contribution is -0.142. The molecule has 1 aliphatic heterocycles. The Labute approximate surface area is 86.4 Å². The van der Waals surface area contributed by atoms with Crippen LogP contribution in [0.4, 0.5) is 0 Å². The molecule has 0 amide bonds. The molecule has 1 heterocycles. The van der Waals surface area contributed by atoms with Gasteiger partial charge in [0, 0.05) is 6.04 Å². The molecular weight excluding hydrogens is 178 g/mol. The molecular formula is C11H21NO2. The van der Waals surface area contributed by atoms with E-state index in [1.54, 1.807) is 0 Å². The molecule has 0 spiro atoms. The highest BCUT2D eigenvalue weighted by Gasteiger charge is 2.21. The van der Waals surface area contributed by atoms with E-state index in [-0.39, 0.29) is 5.97 Å². The minimum Gasteiger partial charge on any atom is -0.469 e. The van der Waals surface area contributed by atoms with E-state index in [1.807, 2.05) is 0 Å². The highest BCUT2D eigenvalue weighted by molar-refractivity contribution is 5.69. The van der Waals surface area contributed by atoms with Gasteiger partial charge in [-0.25, -0.2) is 0 Å². The molecule has 3 heteroatoms.